The Bertz CT molecular complexity index is 1960. The van der Waals surface area contributed by atoms with E-state index in [2.05, 4.69) is 4.89 Å². The number of carboxylic acid groups (broad SMARTS) is 1. The molecule has 0 saturated carbocycles. The summed E-state index contributed by atoms with van der Waals surface area (Å²) in [5, 5.41) is 18.4. The first kappa shape index (κ1) is 39.2. The molecule has 2 aromatic rings. The van der Waals surface area contributed by atoms with Gasteiger partial charge in [-0.25, -0.2) is 18.1 Å². The van der Waals surface area contributed by atoms with Crippen molar-refractivity contribution in [2.75, 3.05) is 16.7 Å². The smallest absolute Gasteiger partial charge is 0.743 e. The standard InChI is InChI=1S/C32H36N2O10S2.K/c1-21(8-6-10-28-31(2,3)24-16-22(18-44-37)12-14-26(24)33(28)19-45(38,39)40)9-7-11-29-32(4,5)25-17-23(30(35)36)13-15-27(25)34(29)20-46(41,42)43;/h6-17H,18-20H2,1-5H3,(H3-,35,36,37,38,39,40,41,42,43);/q;+1. The van der Waals surface area contributed by atoms with Crippen LogP contribution >= 0.6 is 0 Å². The van der Waals surface area contributed by atoms with Crippen LogP contribution in [0.4, 0.5) is 11.4 Å². The molecule has 0 bridgehead atoms. The Morgan fingerprint density at radius 2 is 1.70 bits per heavy atom. The number of nitrogens with zero attached hydrogens (tertiary/aromatic N) is 2. The minimum atomic E-state index is -4.68. The van der Waals surface area contributed by atoms with Crippen molar-refractivity contribution >= 4 is 43.3 Å². The van der Waals surface area contributed by atoms with Crippen LogP contribution in [0.3, 0.4) is 0 Å². The third-order valence-electron chi connectivity index (χ3n) is 8.13. The summed E-state index contributed by atoms with van der Waals surface area (Å²) in [6.07, 6.45) is 10.4. The zero-order chi connectivity index (χ0) is 34.2. The van der Waals surface area contributed by atoms with Gasteiger partial charge >= 0.3 is 57.4 Å². The van der Waals surface area contributed by atoms with Gasteiger partial charge in [0.05, 0.1) is 11.0 Å². The molecule has 0 radical (unpaired) electrons. The Balaban J connectivity index is 0.00000600. The molecule has 246 valence electrons. The molecular weight excluding hydrogens is 676 g/mol. The quantitative estimate of drug-likeness (QED) is 0.0772. The average molecular weight is 712 g/mol. The van der Waals surface area contributed by atoms with Gasteiger partial charge in [0, 0.05) is 34.5 Å². The topological polar surface area (TPSA) is 185 Å². The maximum Gasteiger partial charge on any atom is 1.00 e. The van der Waals surface area contributed by atoms with Crippen molar-refractivity contribution in [3.05, 3.63) is 106 Å². The van der Waals surface area contributed by atoms with E-state index < -0.39 is 48.8 Å². The summed E-state index contributed by atoms with van der Waals surface area (Å²) in [5.41, 5.74) is 3.52. The second-order valence-electron chi connectivity index (χ2n) is 12.2. The Kier molecular flexibility index (Phi) is 12.2. The van der Waals surface area contributed by atoms with E-state index in [9.17, 15) is 35.8 Å². The Hall–Kier alpha value is -2.28. The van der Waals surface area contributed by atoms with Crippen LogP contribution in [0.15, 0.2) is 84.1 Å². The van der Waals surface area contributed by atoms with Crippen molar-refractivity contribution in [1.29, 1.82) is 0 Å². The van der Waals surface area contributed by atoms with Crippen molar-refractivity contribution in [2.45, 2.75) is 52.1 Å². The molecule has 12 nitrogen and oxygen atoms in total. The van der Waals surface area contributed by atoms with Crippen molar-refractivity contribution < 1.29 is 102 Å². The fraction of sp³-hybridized carbons (Fsp3) is 0.312. The molecule has 0 saturated heterocycles. The molecule has 2 aliphatic rings. The third kappa shape index (κ3) is 8.85. The van der Waals surface area contributed by atoms with Gasteiger partial charge in [-0.2, -0.15) is 13.0 Å². The van der Waals surface area contributed by atoms with Crippen LogP contribution in [-0.4, -0.2) is 64.3 Å². The summed E-state index contributed by atoms with van der Waals surface area (Å²) in [4.78, 5) is 17.4. The predicted octanol–water partition coefficient (Wildman–Crippen LogP) is 1.84. The number of hydrogen-bond donors (Lipinski definition) is 3. The summed E-state index contributed by atoms with van der Waals surface area (Å²) in [6.45, 7) is 9.23. The van der Waals surface area contributed by atoms with Crippen molar-refractivity contribution in [3.63, 3.8) is 0 Å². The maximum absolute atomic E-state index is 11.9. The molecule has 47 heavy (non-hydrogen) atoms. The van der Waals surface area contributed by atoms with Crippen molar-refractivity contribution in [2.24, 2.45) is 0 Å². The number of carbonyl (C=O) groups is 1. The van der Waals surface area contributed by atoms with E-state index in [-0.39, 0.29) is 63.6 Å². The molecule has 0 aliphatic carbocycles. The minimum absolute atomic E-state index is 0. The van der Waals surface area contributed by atoms with Crippen LogP contribution in [0.25, 0.3) is 0 Å². The maximum atomic E-state index is 11.9. The predicted molar refractivity (Wildman–Crippen MR) is 172 cm³/mol. The number of anilines is 1. The molecule has 0 unspecified atom stereocenters. The number of allylic oxidation sites excluding steroid dienone is 8. The van der Waals surface area contributed by atoms with E-state index >= 15 is 0 Å². The molecule has 2 aromatic carbocycles. The fourth-order valence-electron chi connectivity index (χ4n) is 5.93. The van der Waals surface area contributed by atoms with Gasteiger partial charge in [-0.1, -0.05) is 55.9 Å². The second-order valence-corrected chi connectivity index (χ2v) is 15.0. The van der Waals surface area contributed by atoms with Crippen molar-refractivity contribution in [1.82, 2.24) is 0 Å². The van der Waals surface area contributed by atoms with E-state index in [1.54, 1.807) is 48.6 Å². The minimum Gasteiger partial charge on any atom is -0.743 e. The summed E-state index contributed by atoms with van der Waals surface area (Å²) in [6, 6.07) is 9.56. The van der Waals surface area contributed by atoms with E-state index in [0.717, 1.165) is 11.1 Å². The number of aromatic carboxylic acids is 1. The van der Waals surface area contributed by atoms with Crippen LogP contribution in [0.5, 0.6) is 0 Å². The van der Waals surface area contributed by atoms with Crippen LogP contribution in [0.2, 0.25) is 0 Å². The van der Waals surface area contributed by atoms with Crippen LogP contribution in [0.1, 0.15) is 61.7 Å². The zero-order valence-corrected chi connectivity index (χ0v) is 31.7. The zero-order valence-electron chi connectivity index (χ0n) is 27.0. The summed E-state index contributed by atoms with van der Waals surface area (Å²) < 4.78 is 70.2. The molecule has 4 rings (SSSR count). The van der Waals surface area contributed by atoms with E-state index in [1.165, 1.54) is 27.7 Å². The van der Waals surface area contributed by atoms with Crippen LogP contribution < -0.4 is 56.3 Å². The van der Waals surface area contributed by atoms with Crippen LogP contribution in [-0.2, 0) is 42.6 Å². The fourth-order valence-corrected chi connectivity index (χ4v) is 7.13. The number of fused-ring (bicyclic) bond motifs is 2. The Labute approximate surface area is 317 Å². The first-order chi connectivity index (χ1) is 21.3. The van der Waals surface area contributed by atoms with Gasteiger partial charge in [0.1, 0.15) is 6.61 Å². The largest absolute Gasteiger partial charge is 1.00 e. The van der Waals surface area contributed by atoms with E-state index in [1.807, 2.05) is 40.7 Å². The van der Waals surface area contributed by atoms with Gasteiger partial charge in [-0.3, -0.25) is 9.81 Å². The summed E-state index contributed by atoms with van der Waals surface area (Å²) >= 11 is 0. The normalized spacial score (nSPS) is 18.3. The summed E-state index contributed by atoms with van der Waals surface area (Å²) in [7, 11) is -9.06. The number of carboxylic acids is 1. The molecule has 0 fully saturated rings. The Morgan fingerprint density at radius 3 is 2.30 bits per heavy atom. The first-order valence-corrected chi connectivity index (χ1v) is 17.3. The Morgan fingerprint density at radius 1 is 1.02 bits per heavy atom. The molecule has 0 aromatic heterocycles. The molecule has 2 aliphatic heterocycles. The molecule has 0 amide bonds. The van der Waals surface area contributed by atoms with Gasteiger partial charge in [0.15, 0.2) is 21.7 Å². The van der Waals surface area contributed by atoms with Gasteiger partial charge in [0.2, 0.25) is 11.6 Å². The van der Waals surface area contributed by atoms with Gasteiger partial charge in [-0.05, 0) is 56.2 Å². The van der Waals surface area contributed by atoms with Crippen molar-refractivity contribution in [3.8, 4) is 0 Å². The monoisotopic (exact) mass is 711 g/mol. The summed E-state index contributed by atoms with van der Waals surface area (Å²) in [5.74, 6) is -2.60. The van der Waals surface area contributed by atoms with E-state index in [0.29, 0.717) is 33.9 Å². The third-order valence-corrected chi connectivity index (χ3v) is 9.29. The molecule has 15 heteroatoms. The van der Waals surface area contributed by atoms with Gasteiger partial charge < -0.3 is 14.6 Å². The molecular formula is C32H36KN2O10S2+. The first-order valence-electron chi connectivity index (χ1n) is 14.1. The molecule has 0 atom stereocenters. The molecule has 2 heterocycles. The number of benzene rings is 2. The number of hydrogen-bond acceptors (Lipinski definition) is 9. The second kappa shape index (κ2) is 14.7. The average Bonchev–Trinajstić information content (AvgIpc) is 3.25. The van der Waals surface area contributed by atoms with Gasteiger partial charge in [-0.15, -0.1) is 0 Å². The number of rotatable bonds is 11. The van der Waals surface area contributed by atoms with Gasteiger partial charge in [0.25, 0.3) is 10.1 Å². The van der Waals surface area contributed by atoms with E-state index in [4.69, 9.17) is 5.26 Å². The molecule has 3 N–H and O–H groups in total. The SMILES string of the molecule is CC(/C=C/C=C1/N(CS(=O)(=O)O)c2ccc(COO)cc2C1(C)C)=C\C=C\C1=[N+](CS(=O)(=O)[O-])c2ccc(C(=O)O)cc2C1(C)C.[K+]. The van der Waals surface area contributed by atoms with Crippen LogP contribution in [0, 0.1) is 0 Å². The molecule has 0 spiro atoms.